The number of aliphatic imine (C=N–C) groups is 1. The Labute approximate surface area is 246 Å². The molecule has 4 N–H and O–H groups in total. The van der Waals surface area contributed by atoms with Crippen molar-refractivity contribution in [1.82, 2.24) is 4.98 Å². The van der Waals surface area contributed by atoms with Gasteiger partial charge in [0.25, 0.3) is 0 Å². The maximum absolute atomic E-state index is 13.1. The van der Waals surface area contributed by atoms with Crippen LogP contribution < -0.4 is 10.2 Å². The lowest BCUT2D eigenvalue weighted by Crippen LogP contribution is -2.41. The molecule has 4 aromatic rings. The van der Waals surface area contributed by atoms with Crippen LogP contribution in [0.5, 0.6) is 5.75 Å². The average molecular weight is 581 g/mol. The van der Waals surface area contributed by atoms with Gasteiger partial charge in [-0.15, -0.1) is 11.3 Å². The van der Waals surface area contributed by atoms with E-state index in [4.69, 9.17) is 27.4 Å². The molecule has 8 nitrogen and oxygen atoms in total. The van der Waals surface area contributed by atoms with E-state index in [2.05, 4.69) is 22.1 Å². The molecule has 1 aliphatic heterocycles. The second kappa shape index (κ2) is 11.8. The standard InChI is InChI=1S/C31H25ClN6O2S/c1-18-26(15-12-22-5-3-4-16-35-22)41-31-28(18)29(20-6-8-21(32)9-7-20)37-25(30(34)38(31)19(2)33)17-27(40)36-23-10-13-24(39)14-11-23/h3-11,13-14,16,25,33-34,39H,17H2,1-2H3,(H,36,40)/t25-/m0/s1. The van der Waals surface area contributed by atoms with E-state index in [9.17, 15) is 9.90 Å². The summed E-state index contributed by atoms with van der Waals surface area (Å²) in [5.74, 6) is 6.19. The molecule has 10 heteroatoms. The number of aromatic hydroxyl groups is 1. The van der Waals surface area contributed by atoms with Gasteiger partial charge in [0.05, 0.1) is 17.0 Å². The van der Waals surface area contributed by atoms with Crippen molar-refractivity contribution in [3.8, 4) is 17.6 Å². The minimum absolute atomic E-state index is 0.00838. The Bertz CT molecular complexity index is 1740. The zero-order valence-corrected chi connectivity index (χ0v) is 23.8. The maximum atomic E-state index is 13.1. The lowest BCUT2D eigenvalue weighted by atomic mass is 9.99. The number of nitrogens with zero attached hydrogens (tertiary/aromatic N) is 3. The molecule has 0 fully saturated rings. The summed E-state index contributed by atoms with van der Waals surface area (Å²) in [6.07, 6.45) is 1.56. The molecular weight excluding hydrogens is 556 g/mol. The number of aromatic nitrogens is 1. The summed E-state index contributed by atoms with van der Waals surface area (Å²) in [5.41, 5.74) is 4.11. The van der Waals surface area contributed by atoms with E-state index in [1.54, 1.807) is 37.4 Å². The number of amides is 1. The number of thiophene rings is 1. The maximum Gasteiger partial charge on any atom is 0.227 e. The van der Waals surface area contributed by atoms with Gasteiger partial charge in [0.15, 0.2) is 0 Å². The van der Waals surface area contributed by atoms with Crippen molar-refractivity contribution in [2.45, 2.75) is 26.3 Å². The number of amidine groups is 2. The van der Waals surface area contributed by atoms with E-state index in [1.165, 1.54) is 28.4 Å². The lowest BCUT2D eigenvalue weighted by Gasteiger charge is -2.24. The van der Waals surface area contributed by atoms with Crippen molar-refractivity contribution < 1.29 is 9.90 Å². The Kier molecular flexibility index (Phi) is 7.97. The highest BCUT2D eigenvalue weighted by Crippen LogP contribution is 2.40. The van der Waals surface area contributed by atoms with Crippen LogP contribution in [0.15, 0.2) is 77.9 Å². The third-order valence-corrected chi connectivity index (χ3v) is 7.81. The van der Waals surface area contributed by atoms with Crippen LogP contribution in [-0.4, -0.2) is 39.4 Å². The fourth-order valence-corrected chi connectivity index (χ4v) is 5.74. The number of phenols is 1. The highest BCUT2D eigenvalue weighted by molar-refractivity contribution is 7.17. The summed E-state index contributed by atoms with van der Waals surface area (Å²) < 4.78 is 0. The summed E-state index contributed by atoms with van der Waals surface area (Å²) in [6.45, 7) is 3.55. The fraction of sp³-hybridized carbons (Fsp3) is 0.129. The van der Waals surface area contributed by atoms with E-state index < -0.39 is 6.04 Å². The number of pyridine rings is 1. The first-order valence-corrected chi connectivity index (χ1v) is 13.8. The summed E-state index contributed by atoms with van der Waals surface area (Å²) in [7, 11) is 0. The van der Waals surface area contributed by atoms with Crippen LogP contribution in [0.4, 0.5) is 10.7 Å². The molecule has 1 aliphatic rings. The van der Waals surface area contributed by atoms with Crippen LogP contribution in [0.25, 0.3) is 0 Å². The first kappa shape index (κ1) is 27.8. The van der Waals surface area contributed by atoms with E-state index in [0.717, 1.165) is 21.6 Å². The number of rotatable bonds is 4. The van der Waals surface area contributed by atoms with Crippen LogP contribution >= 0.6 is 22.9 Å². The summed E-state index contributed by atoms with van der Waals surface area (Å²) in [4.78, 5) is 24.6. The van der Waals surface area contributed by atoms with Crippen LogP contribution in [0.2, 0.25) is 5.02 Å². The zero-order valence-electron chi connectivity index (χ0n) is 22.2. The van der Waals surface area contributed by atoms with Gasteiger partial charge in [-0.2, -0.15) is 0 Å². The van der Waals surface area contributed by atoms with Crippen LogP contribution in [-0.2, 0) is 4.79 Å². The van der Waals surface area contributed by atoms with E-state index in [-0.39, 0.29) is 29.7 Å². The van der Waals surface area contributed by atoms with Crippen molar-refractivity contribution in [3.05, 3.63) is 105 Å². The van der Waals surface area contributed by atoms with Gasteiger partial charge < -0.3 is 10.4 Å². The van der Waals surface area contributed by atoms with Crippen molar-refractivity contribution in [1.29, 1.82) is 10.8 Å². The van der Waals surface area contributed by atoms with Crippen LogP contribution in [0.1, 0.15) is 40.6 Å². The Morgan fingerprint density at radius 1 is 1.12 bits per heavy atom. The number of halogens is 1. The van der Waals surface area contributed by atoms with Gasteiger partial charge in [0, 0.05) is 28.0 Å². The first-order chi connectivity index (χ1) is 19.7. The van der Waals surface area contributed by atoms with Crippen molar-refractivity contribution in [2.75, 3.05) is 10.2 Å². The molecule has 0 spiro atoms. The monoisotopic (exact) mass is 580 g/mol. The third-order valence-electron chi connectivity index (χ3n) is 6.36. The molecule has 41 heavy (non-hydrogen) atoms. The number of fused-ring (bicyclic) bond motifs is 1. The van der Waals surface area contributed by atoms with Gasteiger partial charge in [-0.1, -0.05) is 29.8 Å². The van der Waals surface area contributed by atoms with Gasteiger partial charge in [0.2, 0.25) is 5.91 Å². The first-order valence-electron chi connectivity index (χ1n) is 12.6. The summed E-state index contributed by atoms with van der Waals surface area (Å²) in [5, 5.41) is 31.3. The molecule has 3 heterocycles. The van der Waals surface area contributed by atoms with Gasteiger partial charge in [-0.25, -0.2) is 4.98 Å². The minimum atomic E-state index is -0.875. The SMILES string of the molecule is CC(=N)N1C(=N)[C@H](CC(=O)Nc2ccc(O)cc2)N=C(c2ccc(Cl)cc2)c2c1sc(C#Cc1ccccn1)c2C. The Hall–Kier alpha value is -4.78. The molecule has 2 aromatic heterocycles. The number of carbonyl (C=O) groups excluding carboxylic acids is 1. The number of carbonyl (C=O) groups is 1. The Morgan fingerprint density at radius 2 is 1.85 bits per heavy atom. The smallest absolute Gasteiger partial charge is 0.227 e. The zero-order chi connectivity index (χ0) is 29.1. The molecule has 0 bridgehead atoms. The van der Waals surface area contributed by atoms with Gasteiger partial charge in [-0.3, -0.25) is 25.5 Å². The molecule has 0 aliphatic carbocycles. The predicted octanol–water partition coefficient (Wildman–Crippen LogP) is 6.24. The number of phenolic OH excluding ortho intramolecular Hbond substituents is 1. The lowest BCUT2D eigenvalue weighted by molar-refractivity contribution is -0.116. The quantitative estimate of drug-likeness (QED) is 0.0986. The molecule has 0 unspecified atom stereocenters. The number of hydrogen-bond acceptors (Lipinski definition) is 7. The van der Waals surface area contributed by atoms with Gasteiger partial charge in [-0.05, 0) is 79.8 Å². The number of benzene rings is 2. The normalized spacial score (nSPS) is 14.3. The molecule has 0 saturated carbocycles. The fourth-order valence-electron chi connectivity index (χ4n) is 4.39. The highest BCUT2D eigenvalue weighted by atomic mass is 35.5. The predicted molar refractivity (Wildman–Crippen MR) is 165 cm³/mol. The molecule has 0 saturated heterocycles. The summed E-state index contributed by atoms with van der Waals surface area (Å²) in [6, 6.07) is 18.1. The molecular formula is C31H25ClN6O2S. The molecule has 1 amide bonds. The van der Waals surface area contributed by atoms with E-state index in [0.29, 0.717) is 27.1 Å². The van der Waals surface area contributed by atoms with Crippen molar-refractivity contribution in [2.24, 2.45) is 4.99 Å². The second-order valence-electron chi connectivity index (χ2n) is 9.31. The molecule has 5 rings (SSSR count). The number of nitrogens with one attached hydrogen (secondary N) is 3. The Balaban J connectivity index is 1.61. The van der Waals surface area contributed by atoms with Crippen LogP contribution in [0, 0.1) is 29.6 Å². The van der Waals surface area contributed by atoms with E-state index >= 15 is 0 Å². The molecule has 204 valence electrons. The summed E-state index contributed by atoms with van der Waals surface area (Å²) >= 11 is 7.56. The van der Waals surface area contributed by atoms with Crippen LogP contribution in [0.3, 0.4) is 0 Å². The van der Waals surface area contributed by atoms with Crippen molar-refractivity contribution in [3.63, 3.8) is 0 Å². The molecule has 2 aromatic carbocycles. The number of anilines is 2. The highest BCUT2D eigenvalue weighted by Gasteiger charge is 2.35. The number of hydrogen-bond donors (Lipinski definition) is 4. The largest absolute Gasteiger partial charge is 0.508 e. The second-order valence-corrected chi connectivity index (χ2v) is 10.7. The Morgan fingerprint density at radius 3 is 2.51 bits per heavy atom. The van der Waals surface area contributed by atoms with Gasteiger partial charge >= 0.3 is 0 Å². The molecule has 1 atom stereocenters. The van der Waals surface area contributed by atoms with Gasteiger partial charge in [0.1, 0.15) is 34.2 Å². The van der Waals surface area contributed by atoms with Crippen molar-refractivity contribution >= 4 is 56.9 Å². The minimum Gasteiger partial charge on any atom is -0.508 e. The average Bonchev–Trinajstić information content (AvgIpc) is 3.20. The molecule has 0 radical (unpaired) electrons. The third kappa shape index (κ3) is 6.04. The topological polar surface area (TPSA) is 126 Å². The van der Waals surface area contributed by atoms with E-state index in [1.807, 2.05) is 37.3 Å².